The standard InChI is InChI=1S/C14H19N7O2/c15-20-12-17-13(21-5-8-22-9-6-21)19-14(18-12)23-7-3-11-2-1-4-16-10-11/h1-2,4,10H,3,5-9,15H2,(H,17,18,19,20). The Morgan fingerprint density at radius 1 is 1.26 bits per heavy atom. The molecule has 0 radical (unpaired) electrons. The van der Waals surface area contributed by atoms with Crippen molar-refractivity contribution in [1.29, 1.82) is 0 Å². The van der Waals surface area contributed by atoms with E-state index in [0.717, 1.165) is 25.1 Å². The van der Waals surface area contributed by atoms with Crippen LogP contribution in [0.5, 0.6) is 6.01 Å². The summed E-state index contributed by atoms with van der Waals surface area (Å²) >= 11 is 0. The third kappa shape index (κ3) is 4.24. The number of ether oxygens (including phenoxy) is 2. The molecule has 0 unspecified atom stereocenters. The molecule has 1 saturated heterocycles. The van der Waals surface area contributed by atoms with Crippen LogP contribution in [-0.2, 0) is 11.2 Å². The Hall–Kier alpha value is -2.52. The van der Waals surface area contributed by atoms with Crippen molar-refractivity contribution in [3.8, 4) is 6.01 Å². The van der Waals surface area contributed by atoms with Crippen molar-refractivity contribution < 1.29 is 9.47 Å². The molecule has 0 atom stereocenters. The predicted molar refractivity (Wildman–Crippen MR) is 84.1 cm³/mol. The first-order valence-corrected chi connectivity index (χ1v) is 7.42. The number of pyridine rings is 1. The molecule has 122 valence electrons. The monoisotopic (exact) mass is 317 g/mol. The smallest absolute Gasteiger partial charge is 0.323 e. The molecule has 3 heterocycles. The number of aromatic nitrogens is 4. The van der Waals surface area contributed by atoms with Crippen molar-refractivity contribution in [3.63, 3.8) is 0 Å². The molecule has 0 spiro atoms. The average molecular weight is 317 g/mol. The lowest BCUT2D eigenvalue weighted by molar-refractivity contribution is 0.122. The van der Waals surface area contributed by atoms with Gasteiger partial charge in [-0.15, -0.1) is 0 Å². The minimum atomic E-state index is 0.248. The van der Waals surface area contributed by atoms with Crippen molar-refractivity contribution >= 4 is 11.9 Å². The summed E-state index contributed by atoms with van der Waals surface area (Å²) in [7, 11) is 0. The second-order valence-electron chi connectivity index (χ2n) is 4.95. The van der Waals surface area contributed by atoms with Gasteiger partial charge in [0.1, 0.15) is 0 Å². The Bertz CT molecular complexity index is 620. The molecule has 0 saturated carbocycles. The highest BCUT2D eigenvalue weighted by molar-refractivity contribution is 5.38. The van der Waals surface area contributed by atoms with Gasteiger partial charge in [0.2, 0.25) is 11.9 Å². The van der Waals surface area contributed by atoms with Crippen LogP contribution < -0.4 is 20.9 Å². The van der Waals surface area contributed by atoms with E-state index in [1.54, 1.807) is 6.20 Å². The van der Waals surface area contributed by atoms with Crippen LogP contribution in [0.1, 0.15) is 5.56 Å². The maximum Gasteiger partial charge on any atom is 0.323 e. The molecule has 3 rings (SSSR count). The molecule has 0 aliphatic carbocycles. The molecule has 0 aromatic carbocycles. The van der Waals surface area contributed by atoms with Crippen LogP contribution in [0.15, 0.2) is 24.5 Å². The summed E-state index contributed by atoms with van der Waals surface area (Å²) in [6, 6.07) is 4.14. The summed E-state index contributed by atoms with van der Waals surface area (Å²) in [5.74, 6) is 6.24. The fourth-order valence-electron chi connectivity index (χ4n) is 2.19. The minimum absolute atomic E-state index is 0.248. The number of hydrogen-bond acceptors (Lipinski definition) is 9. The lowest BCUT2D eigenvalue weighted by atomic mass is 10.2. The number of rotatable bonds is 6. The molecule has 1 aliphatic heterocycles. The second-order valence-corrected chi connectivity index (χ2v) is 4.95. The van der Waals surface area contributed by atoms with Crippen LogP contribution in [0.25, 0.3) is 0 Å². The molecule has 23 heavy (non-hydrogen) atoms. The number of hydrogen-bond donors (Lipinski definition) is 2. The minimum Gasteiger partial charge on any atom is -0.463 e. The Morgan fingerprint density at radius 3 is 2.87 bits per heavy atom. The first-order chi connectivity index (χ1) is 11.3. The van der Waals surface area contributed by atoms with E-state index in [9.17, 15) is 0 Å². The molecular formula is C14H19N7O2. The topological polar surface area (TPSA) is 111 Å². The zero-order chi connectivity index (χ0) is 15.9. The van der Waals surface area contributed by atoms with Crippen molar-refractivity contribution in [1.82, 2.24) is 19.9 Å². The zero-order valence-electron chi connectivity index (χ0n) is 12.7. The Morgan fingerprint density at radius 2 is 2.13 bits per heavy atom. The van der Waals surface area contributed by atoms with E-state index in [1.807, 2.05) is 23.2 Å². The SMILES string of the molecule is NNc1nc(OCCc2cccnc2)nc(N2CCOCC2)n1. The van der Waals surface area contributed by atoms with Gasteiger partial charge < -0.3 is 14.4 Å². The lowest BCUT2D eigenvalue weighted by Gasteiger charge is -2.26. The van der Waals surface area contributed by atoms with Gasteiger partial charge in [-0.1, -0.05) is 6.07 Å². The summed E-state index contributed by atoms with van der Waals surface area (Å²) in [5.41, 5.74) is 3.53. The molecule has 9 heteroatoms. The highest BCUT2D eigenvalue weighted by atomic mass is 16.5. The highest BCUT2D eigenvalue weighted by Gasteiger charge is 2.16. The number of nitrogens with one attached hydrogen (secondary N) is 1. The Balaban J connectivity index is 1.65. The molecule has 0 bridgehead atoms. The maximum absolute atomic E-state index is 5.64. The van der Waals surface area contributed by atoms with Crippen LogP contribution in [0.3, 0.4) is 0 Å². The van der Waals surface area contributed by atoms with Crippen LogP contribution in [-0.4, -0.2) is 52.8 Å². The molecule has 1 fully saturated rings. The van der Waals surface area contributed by atoms with Crippen LogP contribution >= 0.6 is 0 Å². The van der Waals surface area contributed by atoms with Crippen LogP contribution in [0.4, 0.5) is 11.9 Å². The number of anilines is 2. The molecule has 0 amide bonds. The Kier molecular flexibility index (Phi) is 5.12. The number of morpholine rings is 1. The van der Waals surface area contributed by atoms with Gasteiger partial charge in [0.15, 0.2) is 0 Å². The Labute approximate surface area is 133 Å². The number of nitrogen functional groups attached to an aromatic ring is 1. The van der Waals surface area contributed by atoms with E-state index in [2.05, 4.69) is 25.4 Å². The van der Waals surface area contributed by atoms with Gasteiger partial charge in [-0.25, -0.2) is 5.84 Å². The number of nitrogens with two attached hydrogens (primary N) is 1. The zero-order valence-corrected chi connectivity index (χ0v) is 12.7. The van der Waals surface area contributed by atoms with Crippen molar-refractivity contribution in [3.05, 3.63) is 30.1 Å². The molecule has 3 N–H and O–H groups in total. The van der Waals surface area contributed by atoms with Gasteiger partial charge in [-0.05, 0) is 11.6 Å². The first-order valence-electron chi connectivity index (χ1n) is 7.42. The predicted octanol–water partition coefficient (Wildman–Crippen LogP) is 0.0103. The molecule has 1 aliphatic rings. The molecule has 2 aromatic rings. The summed E-state index contributed by atoms with van der Waals surface area (Å²) in [6.45, 7) is 3.19. The summed E-state index contributed by atoms with van der Waals surface area (Å²) in [6.07, 6.45) is 4.27. The lowest BCUT2D eigenvalue weighted by Crippen LogP contribution is -2.37. The average Bonchev–Trinajstić information content (AvgIpc) is 2.63. The van der Waals surface area contributed by atoms with Gasteiger partial charge in [-0.2, -0.15) is 15.0 Å². The van der Waals surface area contributed by atoms with E-state index >= 15 is 0 Å². The van der Waals surface area contributed by atoms with E-state index in [1.165, 1.54) is 0 Å². The maximum atomic E-state index is 5.64. The van der Waals surface area contributed by atoms with Crippen LogP contribution in [0.2, 0.25) is 0 Å². The third-order valence-electron chi connectivity index (χ3n) is 3.37. The quantitative estimate of drug-likeness (QED) is 0.562. The summed E-state index contributed by atoms with van der Waals surface area (Å²) in [5, 5.41) is 0. The van der Waals surface area contributed by atoms with Crippen molar-refractivity contribution in [2.75, 3.05) is 43.2 Å². The normalized spacial score (nSPS) is 14.6. The first kappa shape index (κ1) is 15.4. The van der Waals surface area contributed by atoms with Gasteiger partial charge in [0.05, 0.1) is 19.8 Å². The molecule has 9 nitrogen and oxygen atoms in total. The van der Waals surface area contributed by atoms with Crippen molar-refractivity contribution in [2.24, 2.45) is 5.84 Å². The molecule has 2 aromatic heterocycles. The van der Waals surface area contributed by atoms with E-state index in [-0.39, 0.29) is 12.0 Å². The van der Waals surface area contributed by atoms with Gasteiger partial charge in [-0.3, -0.25) is 10.4 Å². The summed E-state index contributed by atoms with van der Waals surface area (Å²) in [4.78, 5) is 18.8. The third-order valence-corrected chi connectivity index (χ3v) is 3.37. The van der Waals surface area contributed by atoms with E-state index < -0.39 is 0 Å². The largest absolute Gasteiger partial charge is 0.463 e. The summed E-state index contributed by atoms with van der Waals surface area (Å²) < 4.78 is 11.0. The van der Waals surface area contributed by atoms with E-state index in [4.69, 9.17) is 15.3 Å². The van der Waals surface area contributed by atoms with E-state index in [0.29, 0.717) is 25.8 Å². The number of hydrazine groups is 1. The number of nitrogens with zero attached hydrogens (tertiary/aromatic N) is 5. The van der Waals surface area contributed by atoms with Gasteiger partial charge in [0.25, 0.3) is 0 Å². The molecular weight excluding hydrogens is 298 g/mol. The van der Waals surface area contributed by atoms with Gasteiger partial charge in [0, 0.05) is 31.9 Å². The van der Waals surface area contributed by atoms with Gasteiger partial charge >= 0.3 is 6.01 Å². The highest BCUT2D eigenvalue weighted by Crippen LogP contribution is 2.16. The van der Waals surface area contributed by atoms with Crippen molar-refractivity contribution in [2.45, 2.75) is 6.42 Å². The fraction of sp³-hybridized carbons (Fsp3) is 0.429. The fourth-order valence-corrected chi connectivity index (χ4v) is 2.19. The second kappa shape index (κ2) is 7.65. The van der Waals surface area contributed by atoms with Crippen LogP contribution in [0, 0.1) is 0 Å².